The Hall–Kier alpha value is -3.14. The number of ether oxygens (including phenoxy) is 1. The van der Waals surface area contributed by atoms with E-state index in [2.05, 4.69) is 56.3 Å². The highest BCUT2D eigenvalue weighted by molar-refractivity contribution is 8.05. The van der Waals surface area contributed by atoms with Crippen molar-refractivity contribution in [1.29, 1.82) is 0 Å². The molecular formula is C26H29N5O3S. The number of hydrogen-bond donors (Lipinski definition) is 4. The van der Waals surface area contributed by atoms with Crippen LogP contribution in [-0.4, -0.2) is 45.7 Å². The molecule has 1 aliphatic carbocycles. The molecule has 8 nitrogen and oxygen atoms in total. The Bertz CT molecular complexity index is 1240. The molecular weight excluding hydrogens is 462 g/mol. The van der Waals surface area contributed by atoms with Gasteiger partial charge in [0.25, 0.3) is 5.91 Å². The van der Waals surface area contributed by atoms with Gasteiger partial charge in [-0.15, -0.1) is 0 Å². The van der Waals surface area contributed by atoms with Crippen molar-refractivity contribution >= 4 is 40.5 Å². The number of aliphatic hydroxyl groups excluding tert-OH is 1. The van der Waals surface area contributed by atoms with Crippen LogP contribution in [0, 0.1) is 0 Å². The third-order valence-corrected chi connectivity index (χ3v) is 7.42. The standard InChI is InChI=1S/C26H29N5O3S/c1-34-22-11-6-16-4-2-3-5-20(16)21(22)15-28-17-7-9-18(10-8-17)29-25-27-13-12-19(30-25)14-23-24(32)31-26(33)35-23/h2-6,11-14,17-18,26,28,33H,7-10,15H2,1H3,(H,31,32)(H,27,29,30)/b23-14-/t17-,18-,26?. The molecule has 2 aromatic carbocycles. The fourth-order valence-electron chi connectivity index (χ4n) is 4.70. The van der Waals surface area contributed by atoms with Gasteiger partial charge in [0.1, 0.15) is 5.75 Å². The molecule has 9 heteroatoms. The van der Waals surface area contributed by atoms with Crippen LogP contribution >= 0.6 is 11.8 Å². The van der Waals surface area contributed by atoms with Gasteiger partial charge in [0, 0.05) is 30.4 Å². The number of carbonyl (C=O) groups is 1. The van der Waals surface area contributed by atoms with Crippen molar-refractivity contribution in [3.8, 4) is 5.75 Å². The molecule has 2 fully saturated rings. The van der Waals surface area contributed by atoms with Crippen molar-refractivity contribution in [2.75, 3.05) is 12.4 Å². The number of hydrogen-bond acceptors (Lipinski definition) is 8. The highest BCUT2D eigenvalue weighted by Gasteiger charge is 2.25. The van der Waals surface area contributed by atoms with Crippen molar-refractivity contribution in [2.24, 2.45) is 0 Å². The Balaban J connectivity index is 1.16. The second kappa shape index (κ2) is 10.6. The third-order valence-electron chi connectivity index (χ3n) is 6.52. The first kappa shape index (κ1) is 23.6. The normalized spacial score (nSPS) is 23.4. The van der Waals surface area contributed by atoms with E-state index in [9.17, 15) is 9.90 Å². The predicted molar refractivity (Wildman–Crippen MR) is 139 cm³/mol. The average molecular weight is 492 g/mol. The van der Waals surface area contributed by atoms with Gasteiger partial charge in [0.15, 0.2) is 5.56 Å². The molecule has 35 heavy (non-hydrogen) atoms. The number of aliphatic hydroxyl groups is 1. The Morgan fingerprint density at radius 2 is 1.94 bits per heavy atom. The maximum atomic E-state index is 11.8. The SMILES string of the molecule is COc1ccc2ccccc2c1CN[C@H]1CC[C@H](Nc2nccc(/C=C3\SC(O)NC3=O)n2)CC1. The molecule has 0 radical (unpaired) electrons. The molecule has 2 heterocycles. The molecule has 0 spiro atoms. The maximum absolute atomic E-state index is 11.8. The molecule has 2 aliphatic rings. The lowest BCUT2D eigenvalue weighted by molar-refractivity contribution is -0.117. The van der Waals surface area contributed by atoms with Gasteiger partial charge in [-0.3, -0.25) is 4.79 Å². The Kier molecular flexibility index (Phi) is 7.17. The van der Waals surface area contributed by atoms with Crippen molar-refractivity contribution in [3.63, 3.8) is 0 Å². The van der Waals surface area contributed by atoms with E-state index >= 15 is 0 Å². The average Bonchev–Trinajstić information content (AvgIpc) is 3.19. The first-order valence-corrected chi connectivity index (χ1v) is 12.7. The van der Waals surface area contributed by atoms with Crippen LogP contribution in [0.25, 0.3) is 16.8 Å². The molecule has 0 bridgehead atoms. The third kappa shape index (κ3) is 5.58. The van der Waals surface area contributed by atoms with E-state index in [1.54, 1.807) is 25.4 Å². The summed E-state index contributed by atoms with van der Waals surface area (Å²) in [5.41, 5.74) is 0.930. The summed E-state index contributed by atoms with van der Waals surface area (Å²) in [6.07, 6.45) is 7.51. The molecule has 1 unspecified atom stereocenters. The lowest BCUT2D eigenvalue weighted by atomic mass is 9.91. The molecule has 5 rings (SSSR count). The number of amides is 1. The fraction of sp³-hybridized carbons (Fsp3) is 0.346. The van der Waals surface area contributed by atoms with Gasteiger partial charge >= 0.3 is 0 Å². The highest BCUT2D eigenvalue weighted by Crippen LogP contribution is 2.30. The van der Waals surface area contributed by atoms with Crippen LogP contribution < -0.4 is 20.7 Å². The van der Waals surface area contributed by atoms with Gasteiger partial charge in [-0.25, -0.2) is 9.97 Å². The summed E-state index contributed by atoms with van der Waals surface area (Å²) in [7, 11) is 1.72. The molecule has 182 valence electrons. The van der Waals surface area contributed by atoms with Crippen LogP contribution in [0.2, 0.25) is 0 Å². The van der Waals surface area contributed by atoms with E-state index in [-0.39, 0.29) is 5.91 Å². The zero-order valence-electron chi connectivity index (χ0n) is 19.5. The van der Waals surface area contributed by atoms with Crippen LogP contribution in [-0.2, 0) is 11.3 Å². The number of methoxy groups -OCH3 is 1. The van der Waals surface area contributed by atoms with Gasteiger partial charge in [-0.05, 0) is 54.7 Å². The van der Waals surface area contributed by atoms with E-state index in [1.807, 2.05) is 6.07 Å². The van der Waals surface area contributed by atoms with Gasteiger partial charge in [0.05, 0.1) is 17.7 Å². The van der Waals surface area contributed by atoms with Gasteiger partial charge in [-0.1, -0.05) is 42.1 Å². The number of fused-ring (bicyclic) bond motifs is 1. The summed E-state index contributed by atoms with van der Waals surface area (Å²) in [5, 5.41) is 21.6. The number of anilines is 1. The summed E-state index contributed by atoms with van der Waals surface area (Å²) in [6.45, 7) is 0.771. The van der Waals surface area contributed by atoms with E-state index in [1.165, 1.54) is 16.3 Å². The van der Waals surface area contributed by atoms with Gasteiger partial charge in [0.2, 0.25) is 5.95 Å². The number of aromatic nitrogens is 2. The second-order valence-electron chi connectivity index (χ2n) is 8.80. The van der Waals surface area contributed by atoms with E-state index in [0.29, 0.717) is 28.6 Å². The van der Waals surface area contributed by atoms with Crippen molar-refractivity contribution < 1.29 is 14.6 Å². The van der Waals surface area contributed by atoms with E-state index in [4.69, 9.17) is 4.74 Å². The van der Waals surface area contributed by atoms with Gasteiger partial charge in [-0.2, -0.15) is 0 Å². The molecule has 1 saturated heterocycles. The topological polar surface area (TPSA) is 108 Å². The van der Waals surface area contributed by atoms with Crippen LogP contribution in [0.1, 0.15) is 36.9 Å². The predicted octanol–water partition coefficient (Wildman–Crippen LogP) is 3.63. The number of carbonyl (C=O) groups excluding carboxylic acids is 1. The first-order chi connectivity index (χ1) is 17.1. The van der Waals surface area contributed by atoms with Crippen molar-refractivity contribution in [3.05, 3.63) is 64.8 Å². The Morgan fingerprint density at radius 1 is 1.14 bits per heavy atom. The van der Waals surface area contributed by atoms with Crippen LogP contribution in [0.3, 0.4) is 0 Å². The molecule has 4 N–H and O–H groups in total. The fourth-order valence-corrected chi connectivity index (χ4v) is 5.46. The molecule has 1 aliphatic heterocycles. The number of benzene rings is 2. The summed E-state index contributed by atoms with van der Waals surface area (Å²) in [5.74, 6) is 1.18. The lowest BCUT2D eigenvalue weighted by Gasteiger charge is -2.30. The number of nitrogens with zero attached hydrogens (tertiary/aromatic N) is 2. The minimum atomic E-state index is -0.904. The molecule has 1 aromatic heterocycles. The van der Waals surface area contributed by atoms with Crippen LogP contribution in [0.4, 0.5) is 5.95 Å². The largest absolute Gasteiger partial charge is 0.496 e. The summed E-state index contributed by atoms with van der Waals surface area (Å²) in [4.78, 5) is 21.2. The number of thioether (sulfide) groups is 1. The van der Waals surface area contributed by atoms with Crippen LogP contribution in [0.5, 0.6) is 5.75 Å². The molecule has 1 atom stereocenters. The first-order valence-electron chi connectivity index (χ1n) is 11.8. The van der Waals surface area contributed by atoms with E-state index in [0.717, 1.165) is 49.7 Å². The molecule has 3 aromatic rings. The Labute approximate surface area is 208 Å². The summed E-state index contributed by atoms with van der Waals surface area (Å²) < 4.78 is 5.64. The summed E-state index contributed by atoms with van der Waals surface area (Å²) in [6, 6.07) is 15.1. The smallest absolute Gasteiger partial charge is 0.260 e. The second-order valence-corrected chi connectivity index (χ2v) is 9.92. The number of rotatable bonds is 7. The van der Waals surface area contributed by atoms with Gasteiger partial charge < -0.3 is 25.8 Å². The molecule has 1 saturated carbocycles. The number of nitrogens with one attached hydrogen (secondary N) is 3. The minimum Gasteiger partial charge on any atom is -0.496 e. The van der Waals surface area contributed by atoms with Crippen molar-refractivity contribution in [2.45, 2.75) is 49.9 Å². The monoisotopic (exact) mass is 491 g/mol. The summed E-state index contributed by atoms with van der Waals surface area (Å²) >= 11 is 1.08. The van der Waals surface area contributed by atoms with Crippen molar-refractivity contribution in [1.82, 2.24) is 20.6 Å². The quantitative estimate of drug-likeness (QED) is 0.371. The zero-order valence-corrected chi connectivity index (χ0v) is 20.3. The van der Waals surface area contributed by atoms with E-state index < -0.39 is 5.56 Å². The Morgan fingerprint density at radius 3 is 2.71 bits per heavy atom. The zero-order chi connectivity index (χ0) is 24.2. The minimum absolute atomic E-state index is 0.289. The lowest BCUT2D eigenvalue weighted by Crippen LogP contribution is -2.37. The van der Waals surface area contributed by atoms with Crippen LogP contribution in [0.15, 0.2) is 53.6 Å². The highest BCUT2D eigenvalue weighted by atomic mass is 32.2. The molecule has 1 amide bonds. The maximum Gasteiger partial charge on any atom is 0.260 e.